The molecule has 1 aromatic rings. The average molecular weight is 208 g/mol. The molecule has 1 aliphatic rings. The van der Waals surface area contributed by atoms with E-state index in [4.69, 9.17) is 5.73 Å². The Bertz CT molecular complexity index is 270. The van der Waals surface area contributed by atoms with E-state index in [0.717, 1.165) is 12.5 Å². The van der Waals surface area contributed by atoms with Gasteiger partial charge in [-0.3, -0.25) is 4.98 Å². The van der Waals surface area contributed by atoms with Crippen LogP contribution in [0.1, 0.15) is 18.0 Å². The third-order valence-corrected chi connectivity index (χ3v) is 4.04. The highest BCUT2D eigenvalue weighted by Crippen LogP contribution is 2.34. The molecule has 0 spiro atoms. The first-order chi connectivity index (χ1) is 6.92. The summed E-state index contributed by atoms with van der Waals surface area (Å²) in [4.78, 5) is 4.41. The lowest BCUT2D eigenvalue weighted by Crippen LogP contribution is -2.22. The summed E-state index contributed by atoms with van der Waals surface area (Å²) in [5.41, 5.74) is 7.00. The Morgan fingerprint density at radius 3 is 3.07 bits per heavy atom. The molecule has 0 saturated carbocycles. The zero-order valence-corrected chi connectivity index (χ0v) is 9.04. The number of rotatable bonds is 3. The zero-order chi connectivity index (χ0) is 9.80. The minimum Gasteiger partial charge on any atom is -0.330 e. The van der Waals surface area contributed by atoms with Crippen molar-refractivity contribution in [3.8, 4) is 0 Å². The predicted molar refractivity (Wildman–Crippen MR) is 61.5 cm³/mol. The van der Waals surface area contributed by atoms with Crippen molar-refractivity contribution >= 4 is 11.8 Å². The Balaban J connectivity index is 2.12. The third kappa shape index (κ3) is 2.10. The third-order valence-electron chi connectivity index (χ3n) is 2.86. The van der Waals surface area contributed by atoms with E-state index in [1.165, 1.54) is 23.6 Å². The first-order valence-corrected chi connectivity index (χ1v) is 6.26. The van der Waals surface area contributed by atoms with Crippen molar-refractivity contribution in [2.45, 2.75) is 12.3 Å². The molecule has 1 aliphatic heterocycles. The molecule has 2 unspecified atom stereocenters. The van der Waals surface area contributed by atoms with Crippen LogP contribution in [0.25, 0.3) is 0 Å². The number of nitrogens with zero attached hydrogens (tertiary/aromatic N) is 1. The van der Waals surface area contributed by atoms with E-state index in [2.05, 4.69) is 11.1 Å². The molecule has 2 N–H and O–H groups in total. The van der Waals surface area contributed by atoms with Gasteiger partial charge in [0.25, 0.3) is 0 Å². The molecule has 2 heterocycles. The van der Waals surface area contributed by atoms with Gasteiger partial charge in [0, 0.05) is 24.4 Å². The van der Waals surface area contributed by atoms with Gasteiger partial charge in [-0.1, -0.05) is 6.07 Å². The number of hydrogen-bond acceptors (Lipinski definition) is 3. The van der Waals surface area contributed by atoms with Gasteiger partial charge in [0.2, 0.25) is 0 Å². The van der Waals surface area contributed by atoms with E-state index in [0.29, 0.717) is 5.92 Å². The van der Waals surface area contributed by atoms with Gasteiger partial charge in [-0.05, 0) is 36.0 Å². The lowest BCUT2D eigenvalue weighted by atomic mass is 9.89. The van der Waals surface area contributed by atoms with Crippen molar-refractivity contribution in [3.05, 3.63) is 30.1 Å². The van der Waals surface area contributed by atoms with E-state index in [1.54, 1.807) is 0 Å². The first kappa shape index (κ1) is 9.99. The van der Waals surface area contributed by atoms with Crippen molar-refractivity contribution in [3.63, 3.8) is 0 Å². The smallest absolute Gasteiger partial charge is 0.0450 e. The molecule has 1 aromatic heterocycles. The van der Waals surface area contributed by atoms with Crippen molar-refractivity contribution < 1.29 is 0 Å². The van der Waals surface area contributed by atoms with Crippen molar-refractivity contribution in [1.82, 2.24) is 4.98 Å². The van der Waals surface area contributed by atoms with E-state index in [9.17, 15) is 0 Å². The van der Waals surface area contributed by atoms with E-state index < -0.39 is 0 Å². The van der Waals surface area contributed by atoms with Gasteiger partial charge in [-0.25, -0.2) is 0 Å². The number of hydrogen-bond donors (Lipinski definition) is 1. The maximum Gasteiger partial charge on any atom is 0.0450 e. The van der Waals surface area contributed by atoms with Crippen molar-refractivity contribution in [2.24, 2.45) is 11.7 Å². The molecule has 1 saturated heterocycles. The van der Waals surface area contributed by atoms with Crippen LogP contribution in [0.4, 0.5) is 0 Å². The molecule has 2 rings (SSSR count). The molecule has 0 amide bonds. The molecule has 0 aromatic carbocycles. The molecule has 0 aliphatic carbocycles. The van der Waals surface area contributed by atoms with Crippen LogP contribution in [0.2, 0.25) is 0 Å². The van der Waals surface area contributed by atoms with E-state index in [-0.39, 0.29) is 0 Å². The summed E-state index contributed by atoms with van der Waals surface area (Å²) in [6.45, 7) is 0.724. The summed E-state index contributed by atoms with van der Waals surface area (Å²) < 4.78 is 0. The fourth-order valence-electron chi connectivity index (χ4n) is 2.02. The SMILES string of the molecule is NCC(c1ccccn1)C1CCSC1. The van der Waals surface area contributed by atoms with Gasteiger partial charge < -0.3 is 5.73 Å². The molecule has 3 heteroatoms. The lowest BCUT2D eigenvalue weighted by Gasteiger charge is -2.20. The number of aromatic nitrogens is 1. The highest BCUT2D eigenvalue weighted by Gasteiger charge is 2.26. The molecule has 1 fully saturated rings. The normalized spacial score (nSPS) is 23.6. The number of nitrogens with two attached hydrogens (primary N) is 1. The molecule has 14 heavy (non-hydrogen) atoms. The molecule has 0 bridgehead atoms. The van der Waals surface area contributed by atoms with Crippen LogP contribution in [0.3, 0.4) is 0 Å². The first-order valence-electron chi connectivity index (χ1n) is 5.10. The Morgan fingerprint density at radius 2 is 2.50 bits per heavy atom. The monoisotopic (exact) mass is 208 g/mol. The maximum absolute atomic E-state index is 5.84. The predicted octanol–water partition coefficient (Wildman–Crippen LogP) is 1.88. The minimum atomic E-state index is 0.464. The fraction of sp³-hybridized carbons (Fsp3) is 0.545. The zero-order valence-electron chi connectivity index (χ0n) is 8.23. The Morgan fingerprint density at radius 1 is 1.57 bits per heavy atom. The van der Waals surface area contributed by atoms with Crippen LogP contribution in [0.15, 0.2) is 24.4 Å². The second-order valence-electron chi connectivity index (χ2n) is 3.72. The molecule has 76 valence electrons. The highest BCUT2D eigenvalue weighted by molar-refractivity contribution is 7.99. The molecule has 0 radical (unpaired) electrons. The fourth-order valence-corrected chi connectivity index (χ4v) is 3.36. The minimum absolute atomic E-state index is 0.464. The Kier molecular flexibility index (Phi) is 3.43. The van der Waals surface area contributed by atoms with Crippen LogP contribution in [0.5, 0.6) is 0 Å². The topological polar surface area (TPSA) is 38.9 Å². The van der Waals surface area contributed by atoms with Gasteiger partial charge in [0.1, 0.15) is 0 Å². The maximum atomic E-state index is 5.84. The second kappa shape index (κ2) is 4.80. The Labute approximate surface area is 89.3 Å². The van der Waals surface area contributed by atoms with Crippen LogP contribution >= 0.6 is 11.8 Å². The van der Waals surface area contributed by atoms with Crippen molar-refractivity contribution in [2.75, 3.05) is 18.1 Å². The molecule has 2 atom stereocenters. The molecular weight excluding hydrogens is 192 g/mol. The summed E-state index contributed by atoms with van der Waals surface area (Å²) in [7, 11) is 0. The van der Waals surface area contributed by atoms with Crippen LogP contribution < -0.4 is 5.73 Å². The van der Waals surface area contributed by atoms with Gasteiger partial charge in [0.15, 0.2) is 0 Å². The molecule has 2 nitrogen and oxygen atoms in total. The summed E-state index contributed by atoms with van der Waals surface area (Å²) in [6, 6.07) is 6.11. The van der Waals surface area contributed by atoms with Crippen molar-refractivity contribution in [1.29, 1.82) is 0 Å². The standard InChI is InChI=1S/C11H16N2S/c12-7-10(9-4-6-14-8-9)11-3-1-2-5-13-11/h1-3,5,9-10H,4,6-8,12H2. The lowest BCUT2D eigenvalue weighted by molar-refractivity contribution is 0.467. The second-order valence-corrected chi connectivity index (χ2v) is 4.87. The highest BCUT2D eigenvalue weighted by atomic mass is 32.2. The van der Waals surface area contributed by atoms with E-state index in [1.807, 2.05) is 30.1 Å². The largest absolute Gasteiger partial charge is 0.330 e. The Hall–Kier alpha value is -0.540. The van der Waals surface area contributed by atoms with Gasteiger partial charge in [-0.2, -0.15) is 11.8 Å². The van der Waals surface area contributed by atoms with Crippen LogP contribution in [0, 0.1) is 5.92 Å². The van der Waals surface area contributed by atoms with E-state index >= 15 is 0 Å². The summed E-state index contributed by atoms with van der Waals surface area (Å²) in [5, 5.41) is 0. The molecular formula is C11H16N2S. The number of pyridine rings is 1. The van der Waals surface area contributed by atoms with Crippen LogP contribution in [-0.4, -0.2) is 23.0 Å². The number of thioether (sulfide) groups is 1. The summed E-state index contributed by atoms with van der Waals surface area (Å²) >= 11 is 2.04. The quantitative estimate of drug-likeness (QED) is 0.824. The summed E-state index contributed by atoms with van der Waals surface area (Å²) in [5.74, 6) is 3.73. The van der Waals surface area contributed by atoms with Crippen LogP contribution in [-0.2, 0) is 0 Å². The van der Waals surface area contributed by atoms with Gasteiger partial charge >= 0.3 is 0 Å². The van der Waals surface area contributed by atoms with Gasteiger partial charge in [-0.15, -0.1) is 0 Å². The summed E-state index contributed by atoms with van der Waals surface area (Å²) in [6.07, 6.45) is 3.16. The average Bonchev–Trinajstić information content (AvgIpc) is 2.74. The van der Waals surface area contributed by atoms with Gasteiger partial charge in [0.05, 0.1) is 0 Å².